The summed E-state index contributed by atoms with van der Waals surface area (Å²) in [6.07, 6.45) is -0.0547. The summed E-state index contributed by atoms with van der Waals surface area (Å²) in [7, 11) is 0. The molecule has 9 rings (SSSR count). The highest BCUT2D eigenvalue weighted by Gasteiger charge is 2.30. The lowest BCUT2D eigenvalue weighted by Gasteiger charge is -2.39. The van der Waals surface area contributed by atoms with Crippen LogP contribution in [-0.2, 0) is 0 Å². The van der Waals surface area contributed by atoms with Gasteiger partial charge in [-0.05, 0) is 73.6 Å². The minimum absolute atomic E-state index is 0.00321. The lowest BCUT2D eigenvalue weighted by Crippen LogP contribution is -2.54. The topological polar surface area (TPSA) is 36.1 Å². The van der Waals surface area contributed by atoms with Crippen LogP contribution < -0.4 is 16.0 Å². The predicted octanol–water partition coefficient (Wildman–Crippen LogP) is 10.2. The molecule has 1 aliphatic rings. The molecule has 3 unspecified atom stereocenters. The van der Waals surface area contributed by atoms with Gasteiger partial charge in [0.15, 0.2) is 0 Å². The van der Waals surface area contributed by atoms with Crippen molar-refractivity contribution in [2.75, 3.05) is 0 Å². The average Bonchev–Trinajstić information content (AvgIpc) is 3.48. The lowest BCUT2D eigenvalue weighted by atomic mass is 9.99. The number of fused-ring (bicyclic) bond motifs is 5. The van der Waals surface area contributed by atoms with Crippen LogP contribution in [0.2, 0.25) is 0 Å². The normalized spacial score (nSPS) is 18.6. The van der Waals surface area contributed by atoms with E-state index >= 15 is 0 Å². The van der Waals surface area contributed by atoms with Crippen LogP contribution in [0.5, 0.6) is 0 Å². The zero-order valence-electron chi connectivity index (χ0n) is 24.6. The van der Waals surface area contributed by atoms with Gasteiger partial charge in [-0.15, -0.1) is 11.3 Å². The van der Waals surface area contributed by atoms with E-state index in [1.54, 1.807) is 0 Å². The largest absolute Gasteiger partial charge is 0.279 e. The Balaban J connectivity index is 1.08. The van der Waals surface area contributed by atoms with E-state index in [9.17, 15) is 0 Å². The molecular weight excluding hydrogens is 567 g/mol. The van der Waals surface area contributed by atoms with Crippen LogP contribution in [0, 0.1) is 0 Å². The van der Waals surface area contributed by atoms with E-state index in [0.717, 1.165) is 0 Å². The molecule has 0 bridgehead atoms. The van der Waals surface area contributed by atoms with Crippen LogP contribution >= 0.6 is 11.3 Å². The Morgan fingerprint density at radius 2 is 0.844 bits per heavy atom. The maximum atomic E-state index is 3.88. The first kappa shape index (κ1) is 26.6. The highest BCUT2D eigenvalue weighted by Crippen LogP contribution is 2.39. The predicted molar refractivity (Wildman–Crippen MR) is 190 cm³/mol. The van der Waals surface area contributed by atoms with Gasteiger partial charge < -0.3 is 0 Å². The van der Waals surface area contributed by atoms with Gasteiger partial charge in [0.05, 0.1) is 18.5 Å². The molecule has 3 N–H and O–H groups in total. The standard InChI is InChI=1S/C41H31N3S/c1-2-10-28(11-3-1)39-42-40(33-17-15-27-9-5-7-13-30(27)23-33)44-41(43-39)34-19-21-36-35-20-18-32(24-37(35)45-38(36)25-34)31-16-14-26-8-4-6-12-29(26)22-31/h1-25,39-44H. The minimum Gasteiger partial charge on any atom is -0.279 e. The molecule has 3 nitrogen and oxygen atoms in total. The molecule has 3 atom stereocenters. The molecule has 1 aromatic heterocycles. The Morgan fingerprint density at radius 3 is 1.58 bits per heavy atom. The maximum Gasteiger partial charge on any atom is 0.0865 e. The molecule has 0 radical (unpaired) electrons. The number of hydrogen-bond donors (Lipinski definition) is 3. The Hall–Kier alpha value is -4.84. The van der Waals surface area contributed by atoms with Crippen molar-refractivity contribution in [2.45, 2.75) is 18.5 Å². The van der Waals surface area contributed by atoms with Crippen molar-refractivity contribution in [3.8, 4) is 11.1 Å². The fraction of sp³-hybridized carbons (Fsp3) is 0.0732. The quantitative estimate of drug-likeness (QED) is 0.189. The number of benzene rings is 7. The SMILES string of the molecule is c1ccc(C2NC(c3ccc4ccccc4c3)NC(c3ccc4c(c3)sc3cc(-c5ccc6ccccc6c5)ccc34)N2)cc1. The van der Waals surface area contributed by atoms with Crippen molar-refractivity contribution in [3.63, 3.8) is 0 Å². The fourth-order valence-electron chi connectivity index (χ4n) is 6.78. The van der Waals surface area contributed by atoms with E-state index in [2.05, 4.69) is 168 Å². The van der Waals surface area contributed by atoms with Crippen molar-refractivity contribution < 1.29 is 0 Å². The van der Waals surface area contributed by atoms with E-state index in [0.29, 0.717) is 0 Å². The second-order valence-electron chi connectivity index (χ2n) is 11.9. The molecule has 0 saturated carbocycles. The van der Waals surface area contributed by atoms with Gasteiger partial charge in [-0.25, -0.2) is 0 Å². The third-order valence-corrected chi connectivity index (χ3v) is 10.3. The summed E-state index contributed by atoms with van der Waals surface area (Å²) in [5, 5.41) is 19.2. The molecule has 0 aliphatic carbocycles. The number of rotatable bonds is 4. The van der Waals surface area contributed by atoms with Gasteiger partial charge in [0.25, 0.3) is 0 Å². The Morgan fingerprint density at radius 1 is 0.356 bits per heavy atom. The van der Waals surface area contributed by atoms with Crippen LogP contribution in [-0.4, -0.2) is 0 Å². The Bertz CT molecular complexity index is 2340. The third-order valence-electron chi connectivity index (χ3n) is 9.15. The van der Waals surface area contributed by atoms with Crippen LogP contribution in [0.15, 0.2) is 152 Å². The van der Waals surface area contributed by atoms with Gasteiger partial charge in [0.2, 0.25) is 0 Å². The van der Waals surface area contributed by atoms with Crippen LogP contribution in [0.4, 0.5) is 0 Å². The highest BCUT2D eigenvalue weighted by molar-refractivity contribution is 7.25. The second kappa shape index (κ2) is 11.0. The molecular formula is C41H31N3S. The van der Waals surface area contributed by atoms with Gasteiger partial charge in [-0.3, -0.25) is 16.0 Å². The Kier molecular flexibility index (Phi) is 6.46. The van der Waals surface area contributed by atoms with Crippen molar-refractivity contribution in [3.05, 3.63) is 168 Å². The molecule has 8 aromatic rings. The number of thiophene rings is 1. The van der Waals surface area contributed by atoms with Crippen LogP contribution in [0.1, 0.15) is 35.2 Å². The Labute approximate surface area is 266 Å². The summed E-state index contributed by atoms with van der Waals surface area (Å²) in [6, 6.07) is 55.1. The highest BCUT2D eigenvalue weighted by atomic mass is 32.1. The smallest absolute Gasteiger partial charge is 0.0865 e. The van der Waals surface area contributed by atoms with E-state index in [1.165, 1.54) is 69.5 Å². The van der Waals surface area contributed by atoms with E-state index < -0.39 is 0 Å². The zero-order chi connectivity index (χ0) is 29.7. The van der Waals surface area contributed by atoms with Gasteiger partial charge in [-0.1, -0.05) is 127 Å². The molecule has 0 amide bonds. The first-order chi connectivity index (χ1) is 22.2. The van der Waals surface area contributed by atoms with E-state index in [-0.39, 0.29) is 18.5 Å². The molecule has 1 saturated heterocycles. The summed E-state index contributed by atoms with van der Waals surface area (Å²) in [5.74, 6) is 0. The molecule has 1 aliphatic heterocycles. The van der Waals surface area contributed by atoms with Gasteiger partial charge in [-0.2, -0.15) is 0 Å². The van der Waals surface area contributed by atoms with Gasteiger partial charge >= 0.3 is 0 Å². The molecule has 4 heteroatoms. The first-order valence-electron chi connectivity index (χ1n) is 15.5. The summed E-state index contributed by atoms with van der Waals surface area (Å²) >= 11 is 1.88. The van der Waals surface area contributed by atoms with Crippen molar-refractivity contribution in [1.29, 1.82) is 0 Å². The number of nitrogens with one attached hydrogen (secondary N) is 3. The van der Waals surface area contributed by atoms with Gasteiger partial charge in [0, 0.05) is 20.2 Å². The second-order valence-corrected chi connectivity index (χ2v) is 13.0. The van der Waals surface area contributed by atoms with Crippen molar-refractivity contribution in [2.24, 2.45) is 0 Å². The average molecular weight is 598 g/mol. The maximum absolute atomic E-state index is 3.88. The molecule has 45 heavy (non-hydrogen) atoms. The molecule has 7 aromatic carbocycles. The first-order valence-corrected chi connectivity index (χ1v) is 16.3. The van der Waals surface area contributed by atoms with E-state index in [1.807, 2.05) is 11.3 Å². The monoisotopic (exact) mass is 597 g/mol. The van der Waals surface area contributed by atoms with Crippen molar-refractivity contribution >= 4 is 53.1 Å². The van der Waals surface area contributed by atoms with Crippen LogP contribution in [0.25, 0.3) is 52.8 Å². The van der Waals surface area contributed by atoms with Gasteiger partial charge in [0.1, 0.15) is 0 Å². The van der Waals surface area contributed by atoms with E-state index in [4.69, 9.17) is 0 Å². The van der Waals surface area contributed by atoms with Crippen molar-refractivity contribution in [1.82, 2.24) is 16.0 Å². The minimum atomic E-state index is -0.0318. The number of hydrogen-bond acceptors (Lipinski definition) is 4. The molecule has 1 fully saturated rings. The third kappa shape index (κ3) is 4.89. The zero-order valence-corrected chi connectivity index (χ0v) is 25.4. The summed E-state index contributed by atoms with van der Waals surface area (Å²) in [5.41, 5.74) is 6.19. The lowest BCUT2D eigenvalue weighted by molar-refractivity contribution is 0.203. The summed E-state index contributed by atoms with van der Waals surface area (Å²) in [6.45, 7) is 0. The summed E-state index contributed by atoms with van der Waals surface area (Å²) < 4.78 is 2.62. The molecule has 216 valence electrons. The molecule has 0 spiro atoms. The fourth-order valence-corrected chi connectivity index (χ4v) is 7.97. The van der Waals surface area contributed by atoms with Crippen LogP contribution in [0.3, 0.4) is 0 Å². The summed E-state index contributed by atoms with van der Waals surface area (Å²) in [4.78, 5) is 0. The molecule has 2 heterocycles.